The molecule has 0 saturated heterocycles. The molecular formula is C19H12Cl2N2O3. The molecular weight excluding hydrogens is 375 g/mol. The van der Waals surface area contributed by atoms with Gasteiger partial charge in [-0.3, -0.25) is 0 Å². The monoisotopic (exact) mass is 386 g/mol. The highest BCUT2D eigenvalue weighted by molar-refractivity contribution is 6.36. The molecule has 0 aliphatic heterocycles. The summed E-state index contributed by atoms with van der Waals surface area (Å²) in [6.45, 7) is 0. The van der Waals surface area contributed by atoms with Crippen LogP contribution in [-0.2, 0) is 6.42 Å². The van der Waals surface area contributed by atoms with Crippen molar-refractivity contribution in [1.29, 1.82) is 0 Å². The second kappa shape index (κ2) is 6.86. The Morgan fingerprint density at radius 3 is 2.54 bits per heavy atom. The lowest BCUT2D eigenvalue weighted by Crippen LogP contribution is -1.93. The van der Waals surface area contributed by atoms with Gasteiger partial charge in [-0.05, 0) is 30.3 Å². The van der Waals surface area contributed by atoms with E-state index in [1.807, 2.05) is 42.5 Å². The molecule has 5 nitrogen and oxygen atoms in total. The normalized spacial score (nSPS) is 11.0. The van der Waals surface area contributed by atoms with Crippen molar-refractivity contribution in [2.75, 3.05) is 0 Å². The highest BCUT2D eigenvalue weighted by atomic mass is 35.5. The molecule has 0 radical (unpaired) electrons. The third-order valence-corrected chi connectivity index (χ3v) is 4.22. The fourth-order valence-electron chi connectivity index (χ4n) is 2.49. The zero-order chi connectivity index (χ0) is 18.1. The largest absolute Gasteiger partial charge is 0.504 e. The van der Waals surface area contributed by atoms with E-state index in [2.05, 4.69) is 9.97 Å². The lowest BCUT2D eigenvalue weighted by Gasteiger charge is -2.04. The molecule has 0 spiro atoms. The van der Waals surface area contributed by atoms with Crippen LogP contribution < -0.4 is 4.74 Å². The number of hydrogen-bond donors (Lipinski definition) is 1. The molecule has 130 valence electrons. The first-order valence-corrected chi connectivity index (χ1v) is 8.50. The van der Waals surface area contributed by atoms with Crippen molar-refractivity contribution < 1.29 is 14.3 Å². The molecule has 2 aromatic carbocycles. The molecule has 2 heterocycles. The number of benzene rings is 2. The molecule has 2 aromatic heterocycles. The summed E-state index contributed by atoms with van der Waals surface area (Å²) in [5.74, 6) is 1.61. The number of pyridine rings is 1. The Hall–Kier alpha value is -2.76. The number of halogens is 2. The Morgan fingerprint density at radius 1 is 0.962 bits per heavy atom. The van der Waals surface area contributed by atoms with Gasteiger partial charge in [0.15, 0.2) is 16.5 Å². The Morgan fingerprint density at radius 2 is 1.77 bits per heavy atom. The van der Waals surface area contributed by atoms with Gasteiger partial charge >= 0.3 is 0 Å². The summed E-state index contributed by atoms with van der Waals surface area (Å²) in [5.41, 5.74) is 1.85. The van der Waals surface area contributed by atoms with Crippen LogP contribution in [0.3, 0.4) is 0 Å². The van der Waals surface area contributed by atoms with Crippen molar-refractivity contribution in [2.24, 2.45) is 0 Å². The highest BCUT2D eigenvalue weighted by Crippen LogP contribution is 2.31. The molecule has 0 bridgehead atoms. The molecule has 0 amide bonds. The van der Waals surface area contributed by atoms with E-state index in [1.54, 1.807) is 6.07 Å². The summed E-state index contributed by atoms with van der Waals surface area (Å²) >= 11 is 11.8. The van der Waals surface area contributed by atoms with Crippen molar-refractivity contribution in [1.82, 2.24) is 9.97 Å². The number of oxazole rings is 1. The van der Waals surface area contributed by atoms with E-state index in [1.165, 1.54) is 6.07 Å². The number of rotatable bonds is 4. The van der Waals surface area contributed by atoms with Gasteiger partial charge in [-0.2, -0.15) is 0 Å². The van der Waals surface area contributed by atoms with E-state index in [-0.39, 0.29) is 15.9 Å². The van der Waals surface area contributed by atoms with Crippen LogP contribution >= 0.6 is 23.2 Å². The van der Waals surface area contributed by atoms with Gasteiger partial charge in [0.2, 0.25) is 5.89 Å². The van der Waals surface area contributed by atoms with Gasteiger partial charge in [-0.1, -0.05) is 41.4 Å². The van der Waals surface area contributed by atoms with E-state index in [0.29, 0.717) is 34.9 Å². The average molecular weight is 387 g/mol. The highest BCUT2D eigenvalue weighted by Gasteiger charge is 2.13. The number of fused-ring (bicyclic) bond motifs is 1. The number of nitrogens with zero attached hydrogens (tertiary/aromatic N) is 2. The molecule has 1 N–H and O–H groups in total. The third-order valence-electron chi connectivity index (χ3n) is 3.67. The van der Waals surface area contributed by atoms with Crippen LogP contribution in [0.2, 0.25) is 10.2 Å². The first kappa shape index (κ1) is 16.7. The summed E-state index contributed by atoms with van der Waals surface area (Å²) in [4.78, 5) is 8.51. The quantitative estimate of drug-likeness (QED) is 0.461. The Bertz CT molecular complexity index is 1060. The predicted molar refractivity (Wildman–Crippen MR) is 99.3 cm³/mol. The molecule has 0 unspecified atom stereocenters. The summed E-state index contributed by atoms with van der Waals surface area (Å²) < 4.78 is 11.6. The topological polar surface area (TPSA) is 68.4 Å². The fraction of sp³-hybridized carbons (Fsp3) is 0.0526. The molecule has 4 rings (SSSR count). The average Bonchev–Trinajstić information content (AvgIpc) is 3.02. The van der Waals surface area contributed by atoms with Gasteiger partial charge in [0, 0.05) is 6.07 Å². The molecule has 26 heavy (non-hydrogen) atoms. The van der Waals surface area contributed by atoms with Gasteiger partial charge in [0.1, 0.15) is 17.0 Å². The molecule has 0 fully saturated rings. The number of aromatic nitrogens is 2. The second-order valence-corrected chi connectivity index (χ2v) is 6.33. The smallest absolute Gasteiger partial charge is 0.201 e. The zero-order valence-electron chi connectivity index (χ0n) is 13.3. The minimum atomic E-state index is -0.239. The first-order valence-electron chi connectivity index (χ1n) is 7.75. The Labute approximate surface area is 158 Å². The fourth-order valence-corrected chi connectivity index (χ4v) is 2.96. The van der Waals surface area contributed by atoms with Crippen molar-refractivity contribution >= 4 is 34.3 Å². The van der Waals surface area contributed by atoms with E-state index in [4.69, 9.17) is 32.4 Å². The lowest BCUT2D eigenvalue weighted by molar-refractivity contribution is 0.472. The van der Waals surface area contributed by atoms with Crippen LogP contribution in [0.4, 0.5) is 0 Å². The molecule has 0 atom stereocenters. The predicted octanol–water partition coefficient (Wildman–Crippen LogP) is 5.62. The van der Waals surface area contributed by atoms with Crippen LogP contribution in [0.15, 0.2) is 59.0 Å². The van der Waals surface area contributed by atoms with Crippen LogP contribution in [0.25, 0.3) is 11.1 Å². The van der Waals surface area contributed by atoms with Crippen molar-refractivity contribution in [3.63, 3.8) is 0 Å². The van der Waals surface area contributed by atoms with Gasteiger partial charge in [0.25, 0.3) is 0 Å². The number of para-hydroxylation sites is 1. The van der Waals surface area contributed by atoms with E-state index in [0.717, 1.165) is 5.75 Å². The number of ether oxygens (including phenoxy) is 1. The van der Waals surface area contributed by atoms with Crippen LogP contribution in [0, 0.1) is 0 Å². The molecule has 4 aromatic rings. The summed E-state index contributed by atoms with van der Waals surface area (Å²) in [6, 6.07) is 16.4. The van der Waals surface area contributed by atoms with E-state index in [9.17, 15) is 5.11 Å². The minimum absolute atomic E-state index is 0.0536. The van der Waals surface area contributed by atoms with Gasteiger partial charge in [-0.15, -0.1) is 0 Å². The maximum absolute atomic E-state index is 9.58. The van der Waals surface area contributed by atoms with Crippen molar-refractivity contribution in [3.05, 3.63) is 76.4 Å². The molecule has 0 aliphatic rings. The SMILES string of the molecule is Oc1c(Cl)cc(Cc2nc3ccc(Oc4ccccc4)cc3o2)nc1Cl. The molecule has 0 saturated carbocycles. The van der Waals surface area contributed by atoms with Crippen LogP contribution in [0.1, 0.15) is 11.6 Å². The number of hydrogen-bond acceptors (Lipinski definition) is 5. The standard InChI is InChI=1S/C19H12Cl2N2O3/c20-14-8-11(22-19(21)18(14)24)9-17-23-15-7-6-13(10-16(15)26-17)25-12-4-2-1-3-5-12/h1-8,10,24H,9H2. The summed E-state index contributed by atoms with van der Waals surface area (Å²) in [5, 5.41) is 9.66. The minimum Gasteiger partial charge on any atom is -0.504 e. The molecule has 0 aliphatic carbocycles. The summed E-state index contributed by atoms with van der Waals surface area (Å²) in [6.07, 6.45) is 0.295. The van der Waals surface area contributed by atoms with Crippen LogP contribution in [0.5, 0.6) is 17.2 Å². The summed E-state index contributed by atoms with van der Waals surface area (Å²) in [7, 11) is 0. The Kier molecular flexibility index (Phi) is 4.41. The first-order chi connectivity index (χ1) is 12.6. The van der Waals surface area contributed by atoms with Crippen molar-refractivity contribution in [3.8, 4) is 17.2 Å². The molecule has 7 heteroatoms. The maximum atomic E-state index is 9.58. The van der Waals surface area contributed by atoms with Gasteiger partial charge in [-0.25, -0.2) is 9.97 Å². The van der Waals surface area contributed by atoms with E-state index < -0.39 is 0 Å². The number of aromatic hydroxyl groups is 1. The third kappa shape index (κ3) is 3.45. The Balaban J connectivity index is 1.59. The lowest BCUT2D eigenvalue weighted by atomic mass is 10.2. The second-order valence-electron chi connectivity index (χ2n) is 5.56. The van der Waals surface area contributed by atoms with Crippen LogP contribution in [-0.4, -0.2) is 15.1 Å². The van der Waals surface area contributed by atoms with Gasteiger partial charge < -0.3 is 14.3 Å². The van der Waals surface area contributed by atoms with Crippen molar-refractivity contribution in [2.45, 2.75) is 6.42 Å². The zero-order valence-corrected chi connectivity index (χ0v) is 14.8. The maximum Gasteiger partial charge on any atom is 0.201 e. The van der Waals surface area contributed by atoms with E-state index >= 15 is 0 Å². The van der Waals surface area contributed by atoms with Gasteiger partial charge in [0.05, 0.1) is 17.1 Å².